The van der Waals surface area contributed by atoms with E-state index in [-0.39, 0.29) is 24.1 Å². The lowest BCUT2D eigenvalue weighted by Crippen LogP contribution is -2.27. The normalized spacial score (nSPS) is 18.1. The maximum absolute atomic E-state index is 11.8. The molecule has 0 aliphatic heterocycles. The van der Waals surface area contributed by atoms with Crippen LogP contribution in [0.3, 0.4) is 0 Å². The van der Waals surface area contributed by atoms with E-state index < -0.39 is 0 Å². The highest BCUT2D eigenvalue weighted by molar-refractivity contribution is 5.86. The van der Waals surface area contributed by atoms with Crippen molar-refractivity contribution in [3.05, 3.63) is 0 Å². The van der Waals surface area contributed by atoms with Gasteiger partial charge in [0.05, 0.1) is 13.0 Å². The first-order valence-corrected chi connectivity index (χ1v) is 8.80. The maximum Gasteiger partial charge on any atom is 0.306 e. The van der Waals surface area contributed by atoms with Crippen molar-refractivity contribution in [2.45, 2.75) is 77.6 Å². The molecule has 128 valence electrons. The van der Waals surface area contributed by atoms with Gasteiger partial charge in [-0.2, -0.15) is 0 Å². The van der Waals surface area contributed by atoms with Crippen LogP contribution in [0.4, 0.5) is 0 Å². The van der Waals surface area contributed by atoms with E-state index in [0.717, 1.165) is 31.6 Å². The van der Waals surface area contributed by atoms with E-state index in [1.807, 2.05) is 0 Å². The zero-order valence-corrected chi connectivity index (χ0v) is 13.9. The lowest BCUT2D eigenvalue weighted by atomic mass is 9.84. The Morgan fingerprint density at radius 2 is 2.05 bits per heavy atom. The third kappa shape index (κ3) is 7.66. The quantitative estimate of drug-likeness (QED) is 0.160. The van der Waals surface area contributed by atoms with E-state index in [1.165, 1.54) is 38.5 Å². The fraction of sp³-hybridized carbons (Fsp3) is 0.882. The molecule has 0 saturated heterocycles. The largest absolute Gasteiger partial charge is 0.466 e. The zero-order chi connectivity index (χ0) is 16.2. The fourth-order valence-electron chi connectivity index (χ4n) is 3.16. The van der Waals surface area contributed by atoms with E-state index in [1.54, 1.807) is 0 Å². The number of ether oxygens (including phenoxy) is 1. The van der Waals surface area contributed by atoms with Crippen LogP contribution in [0.5, 0.6) is 0 Å². The van der Waals surface area contributed by atoms with Gasteiger partial charge in [0.25, 0.3) is 0 Å². The molecule has 0 aromatic rings. The van der Waals surface area contributed by atoms with Gasteiger partial charge in [0.15, 0.2) is 0 Å². The predicted octanol–water partition coefficient (Wildman–Crippen LogP) is 3.83. The number of hydrogen-bond donors (Lipinski definition) is 2. The standard InChI is InChI=1S/C17H32N2O3/c1-2-3-12-22-16(20)13-15(17(18)19-21)11-7-10-14-8-5-4-6-9-14/h14-15,21H,2-13H2,1H3,(H2,18,19). The minimum absolute atomic E-state index is 0.149. The van der Waals surface area contributed by atoms with Crippen molar-refractivity contribution in [3.8, 4) is 0 Å². The molecule has 1 aliphatic carbocycles. The van der Waals surface area contributed by atoms with Crippen LogP contribution in [0.25, 0.3) is 0 Å². The lowest BCUT2D eigenvalue weighted by Gasteiger charge is -2.22. The number of hydrogen-bond acceptors (Lipinski definition) is 4. The number of nitrogens with two attached hydrogens (primary N) is 1. The molecule has 0 aromatic carbocycles. The fourth-order valence-corrected chi connectivity index (χ4v) is 3.16. The van der Waals surface area contributed by atoms with Crippen molar-refractivity contribution in [3.63, 3.8) is 0 Å². The Morgan fingerprint density at radius 1 is 1.32 bits per heavy atom. The Labute approximate surface area is 134 Å². The summed E-state index contributed by atoms with van der Waals surface area (Å²) in [6.07, 6.45) is 11.8. The third-order valence-corrected chi connectivity index (χ3v) is 4.60. The van der Waals surface area contributed by atoms with Gasteiger partial charge in [-0.1, -0.05) is 63.4 Å². The van der Waals surface area contributed by atoms with E-state index in [9.17, 15) is 4.79 Å². The topological polar surface area (TPSA) is 84.9 Å². The van der Waals surface area contributed by atoms with E-state index in [2.05, 4.69) is 12.1 Å². The Bertz CT molecular complexity index is 339. The molecular weight excluding hydrogens is 280 g/mol. The van der Waals surface area contributed by atoms with Gasteiger partial charge in [0.1, 0.15) is 5.84 Å². The molecule has 0 aromatic heterocycles. The van der Waals surface area contributed by atoms with Gasteiger partial charge in [-0.25, -0.2) is 0 Å². The Hall–Kier alpha value is -1.26. The maximum atomic E-state index is 11.8. The molecule has 3 N–H and O–H groups in total. The highest BCUT2D eigenvalue weighted by Gasteiger charge is 2.20. The number of unbranched alkanes of at least 4 members (excludes halogenated alkanes) is 1. The summed E-state index contributed by atoms with van der Waals surface area (Å²) in [5, 5.41) is 12.0. The molecule has 1 atom stereocenters. The average Bonchev–Trinajstić information content (AvgIpc) is 2.54. The molecule has 0 amide bonds. The zero-order valence-electron chi connectivity index (χ0n) is 13.9. The van der Waals surface area contributed by atoms with Crippen molar-refractivity contribution in [1.82, 2.24) is 0 Å². The van der Waals surface area contributed by atoms with Gasteiger partial charge < -0.3 is 15.7 Å². The number of rotatable bonds is 10. The summed E-state index contributed by atoms with van der Waals surface area (Å²) in [7, 11) is 0. The third-order valence-electron chi connectivity index (χ3n) is 4.60. The SMILES string of the molecule is CCCCOC(=O)CC(CCCC1CCCCC1)/C(N)=N/O. The second-order valence-electron chi connectivity index (χ2n) is 6.43. The number of oxime groups is 1. The van der Waals surface area contributed by atoms with Crippen LogP contribution in [0.1, 0.15) is 77.6 Å². The smallest absolute Gasteiger partial charge is 0.306 e. The summed E-state index contributed by atoms with van der Waals surface area (Å²) in [4.78, 5) is 11.8. The highest BCUT2D eigenvalue weighted by Crippen LogP contribution is 2.28. The first-order chi connectivity index (χ1) is 10.7. The molecule has 0 bridgehead atoms. The van der Waals surface area contributed by atoms with Crippen molar-refractivity contribution >= 4 is 11.8 Å². The van der Waals surface area contributed by atoms with Crippen molar-refractivity contribution < 1.29 is 14.7 Å². The van der Waals surface area contributed by atoms with Crippen LogP contribution < -0.4 is 5.73 Å². The molecule has 5 heteroatoms. The monoisotopic (exact) mass is 312 g/mol. The van der Waals surface area contributed by atoms with Crippen LogP contribution in [0.2, 0.25) is 0 Å². The molecule has 0 spiro atoms. The van der Waals surface area contributed by atoms with Crippen LogP contribution in [-0.4, -0.2) is 23.6 Å². The molecule has 1 unspecified atom stereocenters. The molecule has 5 nitrogen and oxygen atoms in total. The van der Waals surface area contributed by atoms with Gasteiger partial charge >= 0.3 is 5.97 Å². The van der Waals surface area contributed by atoms with Gasteiger partial charge in [-0.3, -0.25) is 4.79 Å². The summed E-state index contributed by atoms with van der Waals surface area (Å²) in [5.74, 6) is 0.514. The summed E-state index contributed by atoms with van der Waals surface area (Å²) in [6, 6.07) is 0. The van der Waals surface area contributed by atoms with E-state index in [4.69, 9.17) is 15.7 Å². The van der Waals surface area contributed by atoms with Crippen LogP contribution in [0, 0.1) is 11.8 Å². The first-order valence-electron chi connectivity index (χ1n) is 8.80. The van der Waals surface area contributed by atoms with Gasteiger partial charge in [0.2, 0.25) is 0 Å². The number of carbonyl (C=O) groups excluding carboxylic acids is 1. The Morgan fingerprint density at radius 3 is 2.68 bits per heavy atom. The molecule has 0 radical (unpaired) electrons. The number of esters is 1. The number of amidine groups is 1. The van der Waals surface area contributed by atoms with Crippen LogP contribution >= 0.6 is 0 Å². The van der Waals surface area contributed by atoms with Crippen LogP contribution in [-0.2, 0) is 9.53 Å². The van der Waals surface area contributed by atoms with Gasteiger partial charge in [0, 0.05) is 5.92 Å². The van der Waals surface area contributed by atoms with E-state index >= 15 is 0 Å². The number of carbonyl (C=O) groups is 1. The number of nitrogens with zero attached hydrogens (tertiary/aromatic N) is 1. The average molecular weight is 312 g/mol. The van der Waals surface area contributed by atoms with E-state index in [0.29, 0.717) is 6.61 Å². The summed E-state index contributed by atoms with van der Waals surface area (Å²) < 4.78 is 5.17. The summed E-state index contributed by atoms with van der Waals surface area (Å²) >= 11 is 0. The van der Waals surface area contributed by atoms with Crippen molar-refractivity contribution in [1.29, 1.82) is 0 Å². The van der Waals surface area contributed by atoms with Gasteiger partial charge in [-0.05, 0) is 18.8 Å². The minimum Gasteiger partial charge on any atom is -0.466 e. The van der Waals surface area contributed by atoms with Crippen LogP contribution in [0.15, 0.2) is 5.16 Å². The predicted molar refractivity (Wildman–Crippen MR) is 87.8 cm³/mol. The summed E-state index contributed by atoms with van der Waals surface area (Å²) in [5.41, 5.74) is 5.73. The minimum atomic E-state index is -0.247. The Balaban J connectivity index is 2.31. The highest BCUT2D eigenvalue weighted by atomic mass is 16.5. The van der Waals surface area contributed by atoms with Crippen molar-refractivity contribution in [2.75, 3.05) is 6.61 Å². The molecule has 1 fully saturated rings. The molecule has 1 rings (SSSR count). The first kappa shape index (κ1) is 18.8. The molecule has 1 saturated carbocycles. The molecule has 0 heterocycles. The molecular formula is C17H32N2O3. The lowest BCUT2D eigenvalue weighted by molar-refractivity contribution is -0.144. The Kier molecular flexibility index (Phi) is 9.67. The molecule has 22 heavy (non-hydrogen) atoms. The van der Waals surface area contributed by atoms with Crippen molar-refractivity contribution in [2.24, 2.45) is 22.7 Å². The van der Waals surface area contributed by atoms with Gasteiger partial charge in [-0.15, -0.1) is 0 Å². The second-order valence-corrected chi connectivity index (χ2v) is 6.43. The summed E-state index contributed by atoms with van der Waals surface area (Å²) in [6.45, 7) is 2.51. The second kappa shape index (κ2) is 11.3. The molecule has 1 aliphatic rings.